The van der Waals surface area contributed by atoms with Crippen LogP contribution in [0.15, 0.2) is 61.1 Å². The summed E-state index contributed by atoms with van der Waals surface area (Å²) in [7, 11) is 1.54. The van der Waals surface area contributed by atoms with E-state index in [1.807, 2.05) is 24.3 Å². The minimum Gasteiger partial charge on any atom is -0.496 e. The fraction of sp³-hybridized carbons (Fsp3) is 0.158. The zero-order chi connectivity index (χ0) is 18.9. The second-order valence-corrected chi connectivity index (χ2v) is 5.51. The van der Waals surface area contributed by atoms with Crippen LogP contribution in [0.3, 0.4) is 0 Å². The highest BCUT2D eigenvalue weighted by atomic mass is 16.5. The number of carbonyl (C=O) groups excluding carboxylic acids is 1. The van der Waals surface area contributed by atoms with Crippen LogP contribution in [-0.2, 0) is 0 Å². The molecule has 8 nitrogen and oxygen atoms in total. The highest BCUT2D eigenvalue weighted by Gasteiger charge is 2.10. The second-order valence-electron chi connectivity index (χ2n) is 5.51. The van der Waals surface area contributed by atoms with Crippen LogP contribution >= 0.6 is 0 Å². The summed E-state index contributed by atoms with van der Waals surface area (Å²) in [6.07, 6.45) is 3.16. The second kappa shape index (κ2) is 9.14. The number of anilines is 3. The number of nitrogens with zero attached hydrogens (tertiary/aromatic N) is 3. The highest BCUT2D eigenvalue weighted by molar-refractivity contribution is 5.96. The molecule has 27 heavy (non-hydrogen) atoms. The monoisotopic (exact) mass is 364 g/mol. The largest absolute Gasteiger partial charge is 0.496 e. The van der Waals surface area contributed by atoms with Crippen molar-refractivity contribution in [3.05, 3.63) is 66.6 Å². The van der Waals surface area contributed by atoms with Gasteiger partial charge >= 0.3 is 0 Å². The highest BCUT2D eigenvalue weighted by Crippen LogP contribution is 2.17. The summed E-state index contributed by atoms with van der Waals surface area (Å²) < 4.78 is 5.20. The molecule has 0 bridgehead atoms. The molecule has 8 heteroatoms. The minimum absolute atomic E-state index is 0.186. The quantitative estimate of drug-likeness (QED) is 0.528. The predicted molar refractivity (Wildman–Crippen MR) is 103 cm³/mol. The van der Waals surface area contributed by atoms with Crippen molar-refractivity contribution in [1.29, 1.82) is 0 Å². The lowest BCUT2D eigenvalue weighted by atomic mass is 10.2. The van der Waals surface area contributed by atoms with Crippen LogP contribution in [-0.4, -0.2) is 41.1 Å². The molecule has 0 radical (unpaired) electrons. The van der Waals surface area contributed by atoms with Gasteiger partial charge in [0.05, 0.1) is 12.7 Å². The number of hydrogen-bond acceptors (Lipinski definition) is 7. The number of para-hydroxylation sites is 1. The first-order chi connectivity index (χ1) is 13.3. The molecule has 1 aromatic carbocycles. The van der Waals surface area contributed by atoms with Crippen LogP contribution in [0, 0.1) is 0 Å². The van der Waals surface area contributed by atoms with Gasteiger partial charge in [-0.1, -0.05) is 18.2 Å². The van der Waals surface area contributed by atoms with E-state index in [4.69, 9.17) is 4.74 Å². The third-order valence-electron chi connectivity index (χ3n) is 3.66. The Bertz CT molecular complexity index is 888. The summed E-state index contributed by atoms with van der Waals surface area (Å²) in [5, 5.41) is 9.10. The van der Waals surface area contributed by atoms with Crippen molar-refractivity contribution in [2.45, 2.75) is 0 Å². The summed E-state index contributed by atoms with van der Waals surface area (Å²) in [6.45, 7) is 0.949. The molecule has 0 aliphatic heterocycles. The molecule has 0 spiro atoms. The van der Waals surface area contributed by atoms with Crippen molar-refractivity contribution < 1.29 is 9.53 Å². The molecule has 3 N–H and O–H groups in total. The Kier molecular flexibility index (Phi) is 6.13. The maximum Gasteiger partial charge on any atom is 0.255 e. The standard InChI is InChI=1S/C19H20N6O2/c1-27-15-7-3-2-6-14(15)19(26)22-11-10-21-17-12-18(24-13-23-17)25-16-8-4-5-9-20-16/h2-9,12-13H,10-11H2,1H3,(H,22,26)(H2,20,21,23,24,25). The molecular weight excluding hydrogens is 344 g/mol. The molecular formula is C19H20N6O2. The van der Waals surface area contributed by atoms with Gasteiger partial charge in [-0.05, 0) is 24.3 Å². The predicted octanol–water partition coefficient (Wildman–Crippen LogP) is 2.47. The Morgan fingerprint density at radius 1 is 0.963 bits per heavy atom. The molecule has 0 atom stereocenters. The Morgan fingerprint density at radius 3 is 2.59 bits per heavy atom. The van der Waals surface area contributed by atoms with Crippen molar-refractivity contribution in [1.82, 2.24) is 20.3 Å². The number of aromatic nitrogens is 3. The summed E-state index contributed by atoms with van der Waals surface area (Å²) in [5.41, 5.74) is 0.504. The van der Waals surface area contributed by atoms with E-state index in [1.54, 1.807) is 37.6 Å². The van der Waals surface area contributed by atoms with Gasteiger partial charge in [0.1, 0.15) is 29.5 Å². The van der Waals surface area contributed by atoms with Crippen molar-refractivity contribution in [3.63, 3.8) is 0 Å². The third-order valence-corrected chi connectivity index (χ3v) is 3.66. The van der Waals surface area contributed by atoms with E-state index >= 15 is 0 Å². The fourth-order valence-electron chi connectivity index (χ4n) is 2.38. The number of ether oxygens (including phenoxy) is 1. The first kappa shape index (κ1) is 18.1. The van der Waals surface area contributed by atoms with Gasteiger partial charge in [-0.3, -0.25) is 4.79 Å². The van der Waals surface area contributed by atoms with Gasteiger partial charge in [0.15, 0.2) is 0 Å². The van der Waals surface area contributed by atoms with Crippen LogP contribution in [0.2, 0.25) is 0 Å². The molecule has 0 saturated carbocycles. The summed E-state index contributed by atoms with van der Waals surface area (Å²) in [6, 6.07) is 14.5. The van der Waals surface area contributed by atoms with E-state index in [0.29, 0.717) is 41.9 Å². The zero-order valence-electron chi connectivity index (χ0n) is 14.8. The molecule has 0 unspecified atom stereocenters. The van der Waals surface area contributed by atoms with Crippen molar-refractivity contribution in [2.24, 2.45) is 0 Å². The maximum absolute atomic E-state index is 12.2. The molecule has 0 aliphatic carbocycles. The minimum atomic E-state index is -0.186. The zero-order valence-corrected chi connectivity index (χ0v) is 14.8. The van der Waals surface area contributed by atoms with Gasteiger partial charge < -0.3 is 20.7 Å². The van der Waals surface area contributed by atoms with Crippen molar-refractivity contribution in [3.8, 4) is 5.75 Å². The molecule has 2 aromatic heterocycles. The molecule has 2 heterocycles. The van der Waals surface area contributed by atoms with Gasteiger partial charge in [0.2, 0.25) is 0 Å². The first-order valence-electron chi connectivity index (χ1n) is 8.41. The van der Waals surface area contributed by atoms with E-state index in [2.05, 4.69) is 30.9 Å². The average Bonchev–Trinajstić information content (AvgIpc) is 2.72. The smallest absolute Gasteiger partial charge is 0.255 e. The normalized spacial score (nSPS) is 10.1. The summed E-state index contributed by atoms with van der Waals surface area (Å²) in [4.78, 5) is 24.8. The molecule has 0 aliphatic rings. The molecule has 0 fully saturated rings. The number of carbonyl (C=O) groups is 1. The Morgan fingerprint density at radius 2 is 1.78 bits per heavy atom. The Hall–Kier alpha value is -3.68. The lowest BCUT2D eigenvalue weighted by Crippen LogP contribution is -2.29. The van der Waals surface area contributed by atoms with Crippen LogP contribution in [0.4, 0.5) is 17.5 Å². The van der Waals surface area contributed by atoms with Gasteiger partial charge in [-0.2, -0.15) is 0 Å². The van der Waals surface area contributed by atoms with Gasteiger partial charge in [0.25, 0.3) is 5.91 Å². The number of methoxy groups -OCH3 is 1. The number of pyridine rings is 1. The fourth-order valence-corrected chi connectivity index (χ4v) is 2.38. The Labute approximate surface area is 157 Å². The first-order valence-corrected chi connectivity index (χ1v) is 8.41. The lowest BCUT2D eigenvalue weighted by Gasteiger charge is -2.10. The van der Waals surface area contributed by atoms with Crippen LogP contribution in [0.5, 0.6) is 5.75 Å². The summed E-state index contributed by atoms with van der Waals surface area (Å²) in [5.74, 6) is 2.34. The molecule has 1 amide bonds. The molecule has 3 aromatic rings. The third kappa shape index (κ3) is 5.15. The van der Waals surface area contributed by atoms with Gasteiger partial charge in [-0.15, -0.1) is 0 Å². The van der Waals surface area contributed by atoms with Gasteiger partial charge in [0, 0.05) is 25.4 Å². The van der Waals surface area contributed by atoms with E-state index in [9.17, 15) is 4.79 Å². The number of nitrogens with one attached hydrogen (secondary N) is 3. The summed E-state index contributed by atoms with van der Waals surface area (Å²) >= 11 is 0. The van der Waals surface area contributed by atoms with Crippen LogP contribution in [0.25, 0.3) is 0 Å². The van der Waals surface area contributed by atoms with Crippen molar-refractivity contribution in [2.75, 3.05) is 30.8 Å². The van der Waals surface area contributed by atoms with Crippen LogP contribution in [0.1, 0.15) is 10.4 Å². The van der Waals surface area contributed by atoms with E-state index in [0.717, 1.165) is 0 Å². The molecule has 3 rings (SSSR count). The SMILES string of the molecule is COc1ccccc1C(=O)NCCNc1cc(Nc2ccccn2)ncn1. The van der Waals surface area contributed by atoms with E-state index < -0.39 is 0 Å². The van der Waals surface area contributed by atoms with E-state index in [1.165, 1.54) is 6.33 Å². The number of benzene rings is 1. The lowest BCUT2D eigenvalue weighted by molar-refractivity contribution is 0.0952. The van der Waals surface area contributed by atoms with Crippen LogP contribution < -0.4 is 20.7 Å². The van der Waals surface area contributed by atoms with E-state index in [-0.39, 0.29) is 5.91 Å². The topological polar surface area (TPSA) is 101 Å². The number of amides is 1. The Balaban J connectivity index is 1.49. The molecule has 138 valence electrons. The van der Waals surface area contributed by atoms with Crippen molar-refractivity contribution >= 4 is 23.4 Å². The number of hydrogen-bond donors (Lipinski definition) is 3. The average molecular weight is 364 g/mol. The maximum atomic E-state index is 12.2. The molecule has 0 saturated heterocycles. The van der Waals surface area contributed by atoms with Gasteiger partial charge in [-0.25, -0.2) is 15.0 Å². The number of rotatable bonds is 8.